The SMILES string of the molecule is COC(=O)[C@H](Cc1ccc(OS(=O)(=O)C(F)(F)F)cc1)[N-]S(=O)(=O)C(F)(F)F.COC(=O)[C@H](Cc1ccc(OS(=O)(=O)C(F)(F)F)cc1)[N-]S(=O)(=O)C(F)(F)F.[Au+].[Au+].c1ccc([PH+](c2ccccc2)c2ccccc2)cc1.c1ccc([PH+](c2ccccc2)c2ccccc2)cc1. The Labute approximate surface area is 578 Å². The minimum Gasteiger partial charge on any atom is -0.529 e. The van der Waals surface area contributed by atoms with E-state index in [1.165, 1.54) is 31.8 Å². The Hall–Kier alpha value is -6.48. The summed E-state index contributed by atoms with van der Waals surface area (Å²) in [7, 11) is -24.2. The molecule has 2 atom stereocenters. The maximum Gasteiger partial charge on any atom is 1.00 e. The normalized spacial score (nSPS) is 12.6. The summed E-state index contributed by atoms with van der Waals surface area (Å²) in [4.78, 5) is 23.0. The van der Waals surface area contributed by atoms with E-state index in [1.807, 2.05) is 0 Å². The van der Waals surface area contributed by atoms with Crippen molar-refractivity contribution < 1.29 is 159 Å². The second-order valence-electron chi connectivity index (χ2n) is 18.7. The minimum absolute atomic E-state index is 0. The molecule has 0 spiro atoms. The first-order valence-corrected chi connectivity index (χ1v) is 35.1. The number of hydrogen-bond acceptors (Lipinski definition) is 14. The third-order valence-corrected chi connectivity index (χ3v) is 21.8. The topological polar surface area (TPSA) is 236 Å². The molecule has 16 nitrogen and oxygen atoms in total. The predicted molar refractivity (Wildman–Crippen MR) is 333 cm³/mol. The molecular weight excluding hydrogens is 1780 g/mol. The monoisotopic (exact) mass is 1840 g/mol. The van der Waals surface area contributed by atoms with Crippen molar-refractivity contribution in [3.05, 3.63) is 251 Å². The summed E-state index contributed by atoms with van der Waals surface area (Å²) in [6, 6.07) is 67.2. The molecule has 0 bridgehead atoms. The molecule has 0 amide bonds. The smallest absolute Gasteiger partial charge is 0.529 e. The molecule has 0 aromatic heterocycles. The first-order chi connectivity index (χ1) is 43.9. The van der Waals surface area contributed by atoms with Crippen molar-refractivity contribution in [1.82, 2.24) is 0 Å². The van der Waals surface area contributed by atoms with Gasteiger partial charge in [-0.05, 0) is 133 Å². The Balaban J connectivity index is 0.000000335. The number of sulfonamides is 2. The zero-order chi connectivity index (χ0) is 69.8. The zero-order valence-electron chi connectivity index (χ0n) is 48.9. The fourth-order valence-corrected chi connectivity index (χ4v) is 15.1. The van der Waals surface area contributed by atoms with Crippen LogP contribution in [0.3, 0.4) is 0 Å². The summed E-state index contributed by atoms with van der Waals surface area (Å²) >= 11 is 0. The van der Waals surface area contributed by atoms with Gasteiger partial charge in [0.15, 0.2) is 20.0 Å². The van der Waals surface area contributed by atoms with Gasteiger partial charge in [-0.1, -0.05) is 133 Å². The first kappa shape index (κ1) is 83.7. The van der Waals surface area contributed by atoms with E-state index >= 15 is 0 Å². The van der Waals surface area contributed by atoms with Gasteiger partial charge in [-0.3, -0.25) is 9.59 Å². The van der Waals surface area contributed by atoms with Gasteiger partial charge in [0.25, 0.3) is 11.9 Å². The van der Waals surface area contributed by atoms with E-state index in [9.17, 15) is 95.9 Å². The summed E-state index contributed by atoms with van der Waals surface area (Å²) in [5.74, 6) is -4.41. The molecule has 36 heteroatoms. The average Bonchev–Trinajstić information content (AvgIpc) is 0.862. The van der Waals surface area contributed by atoms with Gasteiger partial charge in [0, 0.05) is 0 Å². The number of hydrogen-bond donors (Lipinski definition) is 0. The van der Waals surface area contributed by atoms with Gasteiger partial charge in [0.2, 0.25) is 0 Å². The van der Waals surface area contributed by atoms with Gasteiger partial charge in [0.1, 0.15) is 43.3 Å². The Morgan fingerprint density at radius 2 is 0.542 bits per heavy atom. The molecule has 0 aliphatic carbocycles. The Morgan fingerprint density at radius 1 is 0.344 bits per heavy atom. The average molecular weight is 1840 g/mol. The molecule has 0 saturated carbocycles. The van der Waals surface area contributed by atoms with Gasteiger partial charge in [0.05, 0.1) is 30.1 Å². The van der Waals surface area contributed by atoms with Crippen LogP contribution in [0.15, 0.2) is 231 Å². The van der Waals surface area contributed by atoms with E-state index in [4.69, 9.17) is 0 Å². The number of methoxy groups -OCH3 is 2. The Kier molecular flexibility index (Phi) is 32.2. The van der Waals surface area contributed by atoms with Crippen molar-refractivity contribution in [2.75, 3.05) is 14.2 Å². The second-order valence-corrected chi connectivity index (χ2v) is 30.0. The van der Waals surface area contributed by atoms with Crippen molar-refractivity contribution >= 4 is 99.9 Å². The molecule has 0 heterocycles. The number of carbonyl (C=O) groups is 2. The van der Waals surface area contributed by atoms with Crippen LogP contribution < -0.4 is 40.2 Å². The molecule has 524 valence electrons. The number of carbonyl (C=O) groups excluding carboxylic acids is 2. The summed E-state index contributed by atoms with van der Waals surface area (Å²) in [5.41, 5.74) is -23.0. The van der Waals surface area contributed by atoms with Crippen LogP contribution in [0.1, 0.15) is 11.1 Å². The third-order valence-electron chi connectivity index (χ3n) is 12.1. The van der Waals surface area contributed by atoms with Crippen LogP contribution in [-0.2, 0) is 117 Å². The number of nitrogens with zero attached hydrogens (tertiary/aromatic N) is 2. The zero-order valence-corrected chi connectivity index (χ0v) is 58.5. The molecule has 0 aliphatic heterocycles. The van der Waals surface area contributed by atoms with Crippen molar-refractivity contribution in [3.8, 4) is 11.5 Å². The molecular formula is C60H52Au2F12N2O14P2S4+2. The number of rotatable bonds is 20. The Bertz CT molecular complexity index is 3720. The van der Waals surface area contributed by atoms with E-state index in [-0.39, 0.29) is 55.9 Å². The van der Waals surface area contributed by atoms with E-state index in [1.54, 1.807) is 0 Å². The number of benzene rings is 8. The fourth-order valence-electron chi connectivity index (χ4n) is 7.84. The van der Waals surface area contributed by atoms with Crippen molar-refractivity contribution in [1.29, 1.82) is 0 Å². The van der Waals surface area contributed by atoms with E-state index in [0.29, 0.717) is 24.3 Å². The molecule has 0 saturated heterocycles. The maximum absolute atomic E-state index is 12.4. The molecule has 96 heavy (non-hydrogen) atoms. The Morgan fingerprint density at radius 3 is 0.708 bits per heavy atom. The molecule has 0 radical (unpaired) electrons. The first-order valence-electron chi connectivity index (χ1n) is 26.4. The largest absolute Gasteiger partial charge is 1.00 e. The fraction of sp³-hybridized carbons (Fsp3) is 0.167. The molecule has 0 aliphatic rings. The second kappa shape index (κ2) is 36.9. The minimum atomic E-state index is -6.03. The number of halogens is 12. The van der Waals surface area contributed by atoms with E-state index in [0.717, 1.165) is 38.5 Å². The number of ether oxygens (including phenoxy) is 2. The van der Waals surface area contributed by atoms with Crippen LogP contribution in [0, 0.1) is 0 Å². The molecule has 0 N–H and O–H groups in total. The summed E-state index contributed by atoms with van der Waals surface area (Å²) in [6.07, 6.45) is -1.48. The molecule has 8 aromatic rings. The summed E-state index contributed by atoms with van der Waals surface area (Å²) < 4.78 is 256. The van der Waals surface area contributed by atoms with Crippen LogP contribution in [0.5, 0.6) is 11.5 Å². The molecule has 8 aromatic carbocycles. The van der Waals surface area contributed by atoms with Gasteiger partial charge in [-0.2, -0.15) is 69.5 Å². The van der Waals surface area contributed by atoms with Gasteiger partial charge >= 0.3 is 87.0 Å². The van der Waals surface area contributed by atoms with Crippen molar-refractivity contribution in [3.63, 3.8) is 0 Å². The third kappa shape index (κ3) is 25.1. The van der Waals surface area contributed by atoms with Gasteiger partial charge in [-0.25, -0.2) is 16.8 Å². The van der Waals surface area contributed by atoms with Gasteiger partial charge < -0.3 is 27.3 Å². The quantitative estimate of drug-likeness (QED) is 0.0172. The van der Waals surface area contributed by atoms with Gasteiger partial charge in [-0.15, -0.1) is 0 Å². The summed E-state index contributed by atoms with van der Waals surface area (Å²) in [5, 5.41) is 8.61. The molecule has 0 fully saturated rings. The van der Waals surface area contributed by atoms with Crippen LogP contribution in [0.4, 0.5) is 52.7 Å². The number of alkyl halides is 12. The van der Waals surface area contributed by atoms with Crippen LogP contribution >= 0.6 is 15.8 Å². The standard InChI is InChI=1S/2C18H15P.2C12H10F6NO7S2.2Au/c2*1-4-10-16(11-5-1)19(17-12-6-2-7-13-17)18-14-8-3-9-15-18;2*1-25-10(20)9(19-27(21,22)11(13,14)15)6-7-2-4-8(5-3-7)26-28(23,24)12(16,17)18;;/h2*1-15H;2*2-5,9H,6H2,1H3;;/q;;2*-1;2*+1/p+2/t;;2*9-;;/m..00../s1. The van der Waals surface area contributed by atoms with Crippen LogP contribution in [0.2, 0.25) is 0 Å². The van der Waals surface area contributed by atoms with E-state index in [2.05, 4.69) is 209 Å². The molecule has 8 rings (SSSR count). The maximum atomic E-state index is 12.4. The number of esters is 2. The van der Waals surface area contributed by atoms with Crippen molar-refractivity contribution in [2.45, 2.75) is 47.0 Å². The molecule has 0 unspecified atom stereocenters. The van der Waals surface area contributed by atoms with E-state index < -0.39 is 127 Å². The predicted octanol–water partition coefficient (Wildman–Crippen LogP) is 10.8. The summed E-state index contributed by atoms with van der Waals surface area (Å²) in [6.45, 7) is 0. The van der Waals surface area contributed by atoms with Crippen LogP contribution in [-0.4, -0.2) is 93.9 Å². The van der Waals surface area contributed by atoms with Crippen molar-refractivity contribution in [2.24, 2.45) is 0 Å². The van der Waals surface area contributed by atoms with Crippen LogP contribution in [0.25, 0.3) is 9.44 Å².